The summed E-state index contributed by atoms with van der Waals surface area (Å²) in [6.07, 6.45) is 0.910. The Morgan fingerprint density at radius 1 is 1.09 bits per heavy atom. The molecule has 0 unspecified atom stereocenters. The molecule has 0 spiro atoms. The number of aryl methyl sites for hydroxylation is 3. The zero-order valence-corrected chi connectivity index (χ0v) is 13.2. The van der Waals surface area contributed by atoms with Crippen LogP contribution in [0.15, 0.2) is 24.3 Å². The molecule has 1 aromatic carbocycles. The molecule has 118 valence electrons. The standard InChI is InChI=1S/C17H21F2N3/c1-11-6-14(21-16(20)7-11)5-4-13-8-12(10-22(2)3)9-15(18)17(13)19/h6-9H,4-5,10H2,1-3H3,(H2,20,21). The lowest BCUT2D eigenvalue weighted by Gasteiger charge is -2.12. The van der Waals surface area contributed by atoms with Crippen molar-refractivity contribution in [1.82, 2.24) is 9.88 Å². The van der Waals surface area contributed by atoms with Gasteiger partial charge in [-0.3, -0.25) is 0 Å². The predicted molar refractivity (Wildman–Crippen MR) is 84.5 cm³/mol. The Kier molecular flexibility index (Phi) is 5.08. The third-order valence-electron chi connectivity index (χ3n) is 3.36. The molecule has 0 atom stereocenters. The molecule has 2 rings (SSSR count). The maximum atomic E-state index is 13.9. The van der Waals surface area contributed by atoms with Crippen molar-refractivity contribution in [2.24, 2.45) is 0 Å². The van der Waals surface area contributed by atoms with Gasteiger partial charge in [-0.2, -0.15) is 0 Å². The van der Waals surface area contributed by atoms with Gasteiger partial charge in [0.2, 0.25) is 0 Å². The number of benzene rings is 1. The summed E-state index contributed by atoms with van der Waals surface area (Å²) in [7, 11) is 3.78. The number of rotatable bonds is 5. The molecule has 0 aliphatic rings. The van der Waals surface area contributed by atoms with E-state index in [0.29, 0.717) is 30.8 Å². The first-order valence-corrected chi connectivity index (χ1v) is 7.19. The van der Waals surface area contributed by atoms with Crippen LogP contribution in [0.1, 0.15) is 22.4 Å². The van der Waals surface area contributed by atoms with Crippen molar-refractivity contribution >= 4 is 5.82 Å². The minimum absolute atomic E-state index is 0.374. The van der Waals surface area contributed by atoms with Crippen LogP contribution in [0.4, 0.5) is 14.6 Å². The Labute approximate surface area is 129 Å². The number of hydrogen-bond donors (Lipinski definition) is 1. The van der Waals surface area contributed by atoms with Crippen LogP contribution in [-0.4, -0.2) is 24.0 Å². The van der Waals surface area contributed by atoms with Gasteiger partial charge in [-0.25, -0.2) is 13.8 Å². The van der Waals surface area contributed by atoms with Crippen LogP contribution in [0.3, 0.4) is 0 Å². The second-order valence-corrected chi connectivity index (χ2v) is 5.85. The average Bonchev–Trinajstić information content (AvgIpc) is 2.39. The molecule has 0 amide bonds. The Balaban J connectivity index is 2.19. The van der Waals surface area contributed by atoms with Crippen molar-refractivity contribution in [1.29, 1.82) is 0 Å². The minimum atomic E-state index is -0.800. The molecule has 1 heterocycles. The molecule has 2 aromatic rings. The predicted octanol–water partition coefficient (Wildman–Crippen LogP) is 3.10. The smallest absolute Gasteiger partial charge is 0.162 e. The largest absolute Gasteiger partial charge is 0.384 e. The second-order valence-electron chi connectivity index (χ2n) is 5.85. The Morgan fingerprint density at radius 2 is 1.82 bits per heavy atom. The topological polar surface area (TPSA) is 42.1 Å². The Hall–Kier alpha value is -2.01. The SMILES string of the molecule is Cc1cc(N)nc(CCc2cc(CN(C)C)cc(F)c2F)c1. The molecular weight excluding hydrogens is 284 g/mol. The summed E-state index contributed by atoms with van der Waals surface area (Å²) in [6.45, 7) is 2.50. The number of aromatic nitrogens is 1. The van der Waals surface area contributed by atoms with E-state index in [-0.39, 0.29) is 0 Å². The van der Waals surface area contributed by atoms with Crippen LogP contribution in [-0.2, 0) is 19.4 Å². The summed E-state index contributed by atoms with van der Waals surface area (Å²) in [6, 6.07) is 6.66. The highest BCUT2D eigenvalue weighted by Gasteiger charge is 2.12. The summed E-state index contributed by atoms with van der Waals surface area (Å²) in [4.78, 5) is 6.14. The van der Waals surface area contributed by atoms with Gasteiger partial charge >= 0.3 is 0 Å². The molecule has 2 N–H and O–H groups in total. The lowest BCUT2D eigenvalue weighted by molar-refractivity contribution is 0.399. The Morgan fingerprint density at radius 3 is 2.45 bits per heavy atom. The molecule has 3 nitrogen and oxygen atoms in total. The molecule has 0 aliphatic heterocycles. The van der Waals surface area contributed by atoms with Crippen molar-refractivity contribution in [2.75, 3.05) is 19.8 Å². The highest BCUT2D eigenvalue weighted by atomic mass is 19.2. The number of pyridine rings is 1. The van der Waals surface area contributed by atoms with Crippen LogP contribution in [0.2, 0.25) is 0 Å². The maximum absolute atomic E-state index is 13.9. The molecule has 0 radical (unpaired) electrons. The normalized spacial score (nSPS) is 11.2. The molecule has 5 heteroatoms. The first-order valence-electron chi connectivity index (χ1n) is 7.19. The third kappa shape index (κ3) is 4.24. The van der Waals surface area contributed by atoms with Gasteiger partial charge in [0, 0.05) is 12.2 Å². The molecular formula is C17H21F2N3. The van der Waals surface area contributed by atoms with E-state index in [1.807, 2.05) is 32.0 Å². The first-order chi connectivity index (χ1) is 10.3. The van der Waals surface area contributed by atoms with Gasteiger partial charge in [-0.05, 0) is 68.8 Å². The fourth-order valence-electron chi connectivity index (χ4n) is 2.51. The molecule has 0 saturated heterocycles. The highest BCUT2D eigenvalue weighted by Crippen LogP contribution is 2.18. The fourth-order valence-corrected chi connectivity index (χ4v) is 2.51. The second kappa shape index (κ2) is 6.83. The minimum Gasteiger partial charge on any atom is -0.384 e. The van der Waals surface area contributed by atoms with E-state index >= 15 is 0 Å². The van der Waals surface area contributed by atoms with Gasteiger partial charge in [0.1, 0.15) is 5.82 Å². The van der Waals surface area contributed by atoms with E-state index in [9.17, 15) is 8.78 Å². The summed E-state index contributed by atoms with van der Waals surface area (Å²) >= 11 is 0. The third-order valence-corrected chi connectivity index (χ3v) is 3.36. The van der Waals surface area contributed by atoms with Gasteiger partial charge in [0.15, 0.2) is 11.6 Å². The van der Waals surface area contributed by atoms with E-state index in [0.717, 1.165) is 16.8 Å². The monoisotopic (exact) mass is 305 g/mol. The van der Waals surface area contributed by atoms with Gasteiger partial charge < -0.3 is 10.6 Å². The van der Waals surface area contributed by atoms with Crippen LogP contribution in [0, 0.1) is 18.6 Å². The lowest BCUT2D eigenvalue weighted by atomic mass is 10.0. The van der Waals surface area contributed by atoms with E-state index < -0.39 is 11.6 Å². The fraction of sp³-hybridized carbons (Fsp3) is 0.353. The Bertz CT molecular complexity index is 649. The summed E-state index contributed by atoms with van der Waals surface area (Å²) in [5.41, 5.74) is 8.64. The number of halogens is 2. The van der Waals surface area contributed by atoms with E-state index in [4.69, 9.17) is 5.73 Å². The van der Waals surface area contributed by atoms with Crippen molar-refractivity contribution in [3.63, 3.8) is 0 Å². The molecule has 0 aliphatic carbocycles. The number of nitrogens with zero attached hydrogens (tertiary/aromatic N) is 2. The maximum Gasteiger partial charge on any atom is 0.162 e. The quantitative estimate of drug-likeness (QED) is 0.923. The molecule has 0 fully saturated rings. The number of nitrogens with two attached hydrogens (primary N) is 1. The molecule has 22 heavy (non-hydrogen) atoms. The summed E-state index contributed by atoms with van der Waals surface area (Å²) < 4.78 is 27.7. The van der Waals surface area contributed by atoms with Gasteiger partial charge in [0.25, 0.3) is 0 Å². The highest BCUT2D eigenvalue weighted by molar-refractivity contribution is 5.35. The number of hydrogen-bond acceptors (Lipinski definition) is 3. The van der Waals surface area contributed by atoms with Crippen molar-refractivity contribution in [2.45, 2.75) is 26.3 Å². The first kappa shape index (κ1) is 16.4. The molecule has 0 saturated carbocycles. The van der Waals surface area contributed by atoms with Crippen molar-refractivity contribution in [3.05, 3.63) is 58.3 Å². The zero-order valence-electron chi connectivity index (χ0n) is 13.2. The lowest BCUT2D eigenvalue weighted by Crippen LogP contribution is -2.12. The molecule has 0 bridgehead atoms. The number of nitrogen functional groups attached to an aromatic ring is 1. The van der Waals surface area contributed by atoms with E-state index in [2.05, 4.69) is 4.98 Å². The van der Waals surface area contributed by atoms with Crippen molar-refractivity contribution in [3.8, 4) is 0 Å². The van der Waals surface area contributed by atoms with Crippen molar-refractivity contribution < 1.29 is 8.78 Å². The average molecular weight is 305 g/mol. The number of anilines is 1. The molecule has 1 aromatic heterocycles. The van der Waals surface area contributed by atoms with Crippen LogP contribution >= 0.6 is 0 Å². The van der Waals surface area contributed by atoms with Gasteiger partial charge in [-0.15, -0.1) is 0 Å². The van der Waals surface area contributed by atoms with E-state index in [1.165, 1.54) is 6.07 Å². The zero-order chi connectivity index (χ0) is 16.3. The van der Waals surface area contributed by atoms with Crippen LogP contribution in [0.5, 0.6) is 0 Å². The van der Waals surface area contributed by atoms with E-state index in [1.54, 1.807) is 12.1 Å². The van der Waals surface area contributed by atoms with Gasteiger partial charge in [0.05, 0.1) is 0 Å². The summed E-state index contributed by atoms with van der Waals surface area (Å²) in [5, 5.41) is 0. The summed E-state index contributed by atoms with van der Waals surface area (Å²) in [5.74, 6) is -1.13. The van der Waals surface area contributed by atoms with Gasteiger partial charge in [-0.1, -0.05) is 6.07 Å². The van der Waals surface area contributed by atoms with Crippen LogP contribution < -0.4 is 5.73 Å². The van der Waals surface area contributed by atoms with Crippen LogP contribution in [0.25, 0.3) is 0 Å².